The van der Waals surface area contributed by atoms with Crippen LogP contribution in [0.1, 0.15) is 27.0 Å². The number of nitrogen functional groups attached to an aromatic ring is 1. The molecule has 36 heavy (non-hydrogen) atoms. The molecule has 15 heteroatoms. The van der Waals surface area contributed by atoms with Gasteiger partial charge in [-0.2, -0.15) is 10.1 Å². The predicted molar refractivity (Wildman–Crippen MR) is 127 cm³/mol. The number of carbonyl (C=O) groups excluding carboxylic acids is 1. The van der Waals surface area contributed by atoms with Crippen molar-refractivity contribution in [2.24, 2.45) is 0 Å². The minimum atomic E-state index is -4.33. The summed E-state index contributed by atoms with van der Waals surface area (Å²) in [6, 6.07) is 8.03. The van der Waals surface area contributed by atoms with E-state index in [1.54, 1.807) is 32.0 Å². The highest BCUT2D eigenvalue weighted by molar-refractivity contribution is 7.52. The van der Waals surface area contributed by atoms with Gasteiger partial charge in [0.1, 0.15) is 29.8 Å². The van der Waals surface area contributed by atoms with Crippen LogP contribution in [-0.2, 0) is 23.4 Å². The van der Waals surface area contributed by atoms with Crippen LogP contribution in [0.15, 0.2) is 47.4 Å². The van der Waals surface area contributed by atoms with Crippen molar-refractivity contribution in [3.63, 3.8) is 0 Å². The molecule has 1 saturated heterocycles. The highest BCUT2D eigenvalue weighted by atomic mass is 35.5. The van der Waals surface area contributed by atoms with Gasteiger partial charge in [0.15, 0.2) is 6.23 Å². The van der Waals surface area contributed by atoms with Crippen LogP contribution in [0.25, 0.3) is 0 Å². The molecule has 1 aromatic heterocycles. The number of nitrogens with zero attached hydrogens (tertiary/aromatic N) is 2. The smallest absolute Gasteiger partial charge is 0.459 e. The average Bonchev–Trinajstić information content (AvgIpc) is 3.01. The summed E-state index contributed by atoms with van der Waals surface area (Å²) in [6.45, 7) is 3.98. The number of aliphatic hydroxyl groups excluding tert-OH is 1. The van der Waals surface area contributed by atoms with E-state index in [9.17, 15) is 19.3 Å². The standard InChI is InChI=1S/C21H27ClFN4O8P/c1-12(2)33-18(29)13(3)26-36(31,35-14-7-5-4-6-8-14)32-11-15-17(28)21(22,23)19(34-15)27-10-9-16(24)25-20(27)30/h4-10,12-13,15,17,19,28H,11H2,1-3H3,(H,26,31)(H2,24,25,30)/t13-,15-,17-,19-,21+,36-/m1/s1. The number of hydrogen-bond donors (Lipinski definition) is 3. The number of benzene rings is 1. The molecule has 0 aliphatic carbocycles. The minimum absolute atomic E-state index is 0.108. The van der Waals surface area contributed by atoms with E-state index in [0.29, 0.717) is 0 Å². The number of anilines is 1. The molecule has 1 aromatic carbocycles. The number of alkyl halides is 2. The lowest BCUT2D eigenvalue weighted by Crippen LogP contribution is -2.41. The van der Waals surface area contributed by atoms with E-state index < -0.39 is 61.7 Å². The van der Waals surface area contributed by atoms with Gasteiger partial charge in [-0.3, -0.25) is 13.9 Å². The molecule has 0 spiro atoms. The number of carbonyl (C=O) groups is 1. The van der Waals surface area contributed by atoms with Crippen molar-refractivity contribution in [1.29, 1.82) is 0 Å². The van der Waals surface area contributed by atoms with Gasteiger partial charge in [-0.25, -0.2) is 13.8 Å². The Balaban J connectivity index is 1.79. The third-order valence-corrected chi connectivity index (χ3v) is 6.97. The largest absolute Gasteiger partial charge is 0.462 e. The maximum atomic E-state index is 15.2. The van der Waals surface area contributed by atoms with Crippen molar-refractivity contribution in [2.45, 2.75) is 56.5 Å². The first-order chi connectivity index (χ1) is 16.8. The topological polar surface area (TPSA) is 164 Å². The van der Waals surface area contributed by atoms with Crippen LogP contribution < -0.4 is 21.0 Å². The number of aromatic nitrogens is 2. The lowest BCUT2D eigenvalue weighted by Gasteiger charge is -2.25. The molecule has 198 valence electrons. The third kappa shape index (κ3) is 6.61. The van der Waals surface area contributed by atoms with Crippen molar-refractivity contribution < 1.29 is 37.4 Å². The van der Waals surface area contributed by atoms with E-state index in [1.807, 2.05) is 0 Å². The number of para-hydroxylation sites is 1. The predicted octanol–water partition coefficient (Wildman–Crippen LogP) is 2.12. The van der Waals surface area contributed by atoms with Crippen molar-refractivity contribution in [3.8, 4) is 5.75 Å². The number of hydrogen-bond acceptors (Lipinski definition) is 10. The van der Waals surface area contributed by atoms with Gasteiger partial charge in [0, 0.05) is 6.20 Å². The highest BCUT2D eigenvalue weighted by Gasteiger charge is 2.58. The van der Waals surface area contributed by atoms with Crippen LogP contribution in [0.4, 0.5) is 10.2 Å². The number of aliphatic hydroxyl groups is 1. The van der Waals surface area contributed by atoms with Crippen LogP contribution >= 0.6 is 19.3 Å². The molecular formula is C21H27ClFN4O8P. The molecule has 12 nitrogen and oxygen atoms in total. The summed E-state index contributed by atoms with van der Waals surface area (Å²) in [5, 5.41) is 9.94. The molecule has 0 radical (unpaired) electrons. The number of halogens is 2. The fourth-order valence-electron chi connectivity index (χ4n) is 3.22. The SMILES string of the molecule is CC(C)OC(=O)[C@@H](C)N[P@@](=O)(OC[C@H]1O[C@@H](n2ccc(N)nc2=O)[C@](F)(Cl)[C@@H]1O)Oc1ccccc1. The van der Waals surface area contributed by atoms with Gasteiger partial charge in [-0.1, -0.05) is 29.8 Å². The van der Waals surface area contributed by atoms with E-state index in [1.165, 1.54) is 25.1 Å². The van der Waals surface area contributed by atoms with Crippen molar-refractivity contribution in [1.82, 2.24) is 14.6 Å². The molecule has 3 rings (SSSR count). The van der Waals surface area contributed by atoms with Gasteiger partial charge in [0.25, 0.3) is 5.13 Å². The first-order valence-corrected chi connectivity index (χ1v) is 12.8. The number of esters is 1. The second-order valence-electron chi connectivity index (χ2n) is 8.22. The molecule has 1 fully saturated rings. The molecule has 6 atom stereocenters. The van der Waals surface area contributed by atoms with Gasteiger partial charge in [0.05, 0.1) is 12.7 Å². The number of rotatable bonds is 10. The summed E-state index contributed by atoms with van der Waals surface area (Å²) >= 11 is 5.89. The van der Waals surface area contributed by atoms with Gasteiger partial charge in [0.2, 0.25) is 0 Å². The zero-order valence-corrected chi connectivity index (χ0v) is 21.3. The summed E-state index contributed by atoms with van der Waals surface area (Å²) < 4.78 is 51.0. The summed E-state index contributed by atoms with van der Waals surface area (Å²) in [5.41, 5.74) is 4.48. The van der Waals surface area contributed by atoms with Crippen molar-refractivity contribution >= 4 is 31.1 Å². The lowest BCUT2D eigenvalue weighted by molar-refractivity contribution is -0.149. The van der Waals surface area contributed by atoms with Crippen LogP contribution in [-0.4, -0.2) is 56.7 Å². The molecule has 2 aromatic rings. The van der Waals surface area contributed by atoms with Gasteiger partial charge >= 0.3 is 19.4 Å². The molecular weight excluding hydrogens is 522 g/mol. The normalized spacial score (nSPS) is 26.4. The van der Waals surface area contributed by atoms with E-state index in [-0.39, 0.29) is 11.6 Å². The zero-order chi connectivity index (χ0) is 26.7. The molecule has 1 aliphatic heterocycles. The number of ether oxygens (including phenoxy) is 2. The Hall–Kier alpha value is -2.54. The first-order valence-electron chi connectivity index (χ1n) is 10.9. The first kappa shape index (κ1) is 28.0. The minimum Gasteiger partial charge on any atom is -0.462 e. The van der Waals surface area contributed by atoms with Crippen LogP contribution in [0.5, 0.6) is 5.75 Å². The number of nitrogens with two attached hydrogens (primary N) is 1. The average molecular weight is 549 g/mol. The quantitative estimate of drug-likeness (QED) is 0.226. The van der Waals surface area contributed by atoms with Gasteiger partial charge in [-0.05, 0) is 39.0 Å². The molecule has 0 unspecified atom stereocenters. The summed E-state index contributed by atoms with van der Waals surface area (Å²) in [7, 11) is -4.33. The summed E-state index contributed by atoms with van der Waals surface area (Å²) in [5.74, 6) is -0.689. The maximum Gasteiger partial charge on any atom is 0.459 e. The van der Waals surface area contributed by atoms with E-state index in [2.05, 4.69) is 10.1 Å². The van der Waals surface area contributed by atoms with Gasteiger partial charge < -0.3 is 24.8 Å². The van der Waals surface area contributed by atoms with Crippen LogP contribution in [0.3, 0.4) is 0 Å². The Morgan fingerprint density at radius 1 is 1.36 bits per heavy atom. The lowest BCUT2D eigenvalue weighted by atomic mass is 10.1. The molecule has 0 amide bonds. The van der Waals surface area contributed by atoms with E-state index in [4.69, 9.17) is 35.9 Å². The second kappa shape index (κ2) is 11.2. The third-order valence-electron chi connectivity index (χ3n) is 4.92. The number of nitrogens with one attached hydrogen (secondary N) is 1. The zero-order valence-electron chi connectivity index (χ0n) is 19.6. The van der Waals surface area contributed by atoms with Crippen molar-refractivity contribution in [2.75, 3.05) is 12.3 Å². The van der Waals surface area contributed by atoms with Crippen LogP contribution in [0, 0.1) is 0 Å². The highest BCUT2D eigenvalue weighted by Crippen LogP contribution is 2.48. The Labute approximate surface area is 211 Å². The fourth-order valence-corrected chi connectivity index (χ4v) is 5.02. The molecule has 2 heterocycles. The van der Waals surface area contributed by atoms with Crippen LogP contribution in [0.2, 0.25) is 0 Å². The van der Waals surface area contributed by atoms with Gasteiger partial charge in [-0.15, -0.1) is 0 Å². The Bertz CT molecular complexity index is 1170. The monoisotopic (exact) mass is 548 g/mol. The van der Waals surface area contributed by atoms with Crippen molar-refractivity contribution in [3.05, 3.63) is 53.1 Å². The van der Waals surface area contributed by atoms with E-state index in [0.717, 1.165) is 10.8 Å². The fraction of sp³-hybridized carbons (Fsp3) is 0.476. The molecule has 0 saturated carbocycles. The molecule has 1 aliphatic rings. The Morgan fingerprint density at radius 2 is 2.03 bits per heavy atom. The second-order valence-corrected chi connectivity index (χ2v) is 10.5. The summed E-state index contributed by atoms with van der Waals surface area (Å²) in [6.07, 6.45) is -4.62. The Kier molecular flexibility index (Phi) is 8.75. The summed E-state index contributed by atoms with van der Waals surface area (Å²) in [4.78, 5) is 27.9. The molecule has 4 N–H and O–H groups in total. The van der Waals surface area contributed by atoms with E-state index >= 15 is 4.39 Å². The Morgan fingerprint density at radius 3 is 2.64 bits per heavy atom. The molecule has 0 bridgehead atoms. The maximum absolute atomic E-state index is 15.2.